The van der Waals surface area contributed by atoms with Gasteiger partial charge in [-0.25, -0.2) is 0 Å². The summed E-state index contributed by atoms with van der Waals surface area (Å²) in [5.74, 6) is -0.0152. The number of nitrogens with zero attached hydrogens (tertiary/aromatic N) is 1. The van der Waals surface area contributed by atoms with Crippen LogP contribution in [0.15, 0.2) is 18.2 Å². The van der Waals surface area contributed by atoms with Gasteiger partial charge >= 0.3 is 0 Å². The number of rotatable bonds is 6. The quantitative estimate of drug-likeness (QED) is 0.791. The summed E-state index contributed by atoms with van der Waals surface area (Å²) < 4.78 is 0. The van der Waals surface area contributed by atoms with Gasteiger partial charge in [0, 0.05) is 12.6 Å². The van der Waals surface area contributed by atoms with Crippen molar-refractivity contribution in [1.29, 1.82) is 0 Å². The summed E-state index contributed by atoms with van der Waals surface area (Å²) in [6, 6.07) is 5.80. The highest BCUT2D eigenvalue weighted by atomic mass is 16.2. The third kappa shape index (κ3) is 4.48. The second-order valence-electron chi connectivity index (χ2n) is 4.72. The van der Waals surface area contributed by atoms with E-state index in [1.54, 1.807) is 7.05 Å². The third-order valence-corrected chi connectivity index (χ3v) is 3.14. The van der Waals surface area contributed by atoms with Crippen LogP contribution in [0.2, 0.25) is 0 Å². The Bertz CT molecular complexity index is 469. The molecule has 0 aliphatic rings. The zero-order valence-electron chi connectivity index (χ0n) is 12.1. The monoisotopic (exact) mass is 262 g/mol. The van der Waals surface area contributed by atoms with Crippen molar-refractivity contribution in [2.45, 2.75) is 20.8 Å². The first kappa shape index (κ1) is 15.4. The second kappa shape index (κ2) is 7.04. The van der Waals surface area contributed by atoms with Crippen molar-refractivity contribution in [1.82, 2.24) is 10.2 Å². The molecule has 1 N–H and O–H groups in total. The molecule has 0 aliphatic heterocycles. The van der Waals surface area contributed by atoms with Crippen LogP contribution in [0.25, 0.3) is 0 Å². The first-order valence-corrected chi connectivity index (χ1v) is 6.51. The van der Waals surface area contributed by atoms with E-state index in [2.05, 4.69) is 5.32 Å². The summed E-state index contributed by atoms with van der Waals surface area (Å²) in [5.41, 5.74) is 2.87. The lowest BCUT2D eigenvalue weighted by Gasteiger charge is -2.19. The number of amides is 1. The number of hydrogen-bond donors (Lipinski definition) is 1. The van der Waals surface area contributed by atoms with E-state index in [9.17, 15) is 9.59 Å². The van der Waals surface area contributed by atoms with E-state index in [-0.39, 0.29) is 24.8 Å². The molecule has 4 nitrogen and oxygen atoms in total. The van der Waals surface area contributed by atoms with Crippen LogP contribution in [0.3, 0.4) is 0 Å². The van der Waals surface area contributed by atoms with Gasteiger partial charge in [0.25, 0.3) is 0 Å². The second-order valence-corrected chi connectivity index (χ2v) is 4.72. The highest BCUT2D eigenvalue weighted by molar-refractivity contribution is 5.99. The molecule has 1 aromatic carbocycles. The first-order valence-electron chi connectivity index (χ1n) is 6.51. The van der Waals surface area contributed by atoms with Gasteiger partial charge in [-0.2, -0.15) is 0 Å². The Kier molecular flexibility index (Phi) is 5.70. The van der Waals surface area contributed by atoms with E-state index in [1.165, 1.54) is 0 Å². The maximum Gasteiger partial charge on any atom is 0.233 e. The minimum absolute atomic E-state index is 0.0586. The average molecular weight is 262 g/mol. The van der Waals surface area contributed by atoms with Gasteiger partial charge < -0.3 is 5.32 Å². The topological polar surface area (TPSA) is 49.4 Å². The molecule has 1 aromatic rings. The molecule has 0 aliphatic carbocycles. The Balaban J connectivity index is 2.74. The molecular formula is C15H22N2O2. The third-order valence-electron chi connectivity index (χ3n) is 3.14. The summed E-state index contributed by atoms with van der Waals surface area (Å²) in [6.07, 6.45) is 0. The Hall–Kier alpha value is -1.68. The highest BCUT2D eigenvalue weighted by Gasteiger charge is 2.15. The van der Waals surface area contributed by atoms with Crippen LogP contribution in [-0.4, -0.2) is 43.3 Å². The van der Waals surface area contributed by atoms with Crippen LogP contribution >= 0.6 is 0 Å². The zero-order valence-corrected chi connectivity index (χ0v) is 12.1. The number of carbonyl (C=O) groups is 2. The molecule has 19 heavy (non-hydrogen) atoms. The number of Topliss-reactive ketones (excluding diaryl/α,β-unsaturated/α-hetero) is 1. The minimum Gasteiger partial charge on any atom is -0.358 e. The van der Waals surface area contributed by atoms with Crippen LogP contribution < -0.4 is 5.32 Å². The van der Waals surface area contributed by atoms with Gasteiger partial charge in [0.05, 0.1) is 13.1 Å². The number of carbonyl (C=O) groups excluding carboxylic acids is 2. The fourth-order valence-electron chi connectivity index (χ4n) is 1.98. The minimum atomic E-state index is -0.0738. The summed E-state index contributed by atoms with van der Waals surface area (Å²) in [7, 11) is 1.60. The van der Waals surface area contributed by atoms with Crippen molar-refractivity contribution >= 4 is 11.7 Å². The molecule has 1 rings (SSSR count). The van der Waals surface area contributed by atoms with Crippen molar-refractivity contribution in [2.24, 2.45) is 0 Å². The molecular weight excluding hydrogens is 240 g/mol. The van der Waals surface area contributed by atoms with Crippen LogP contribution in [0.1, 0.15) is 28.4 Å². The fourth-order valence-corrected chi connectivity index (χ4v) is 1.98. The summed E-state index contributed by atoms with van der Waals surface area (Å²) in [6.45, 7) is 7.08. The van der Waals surface area contributed by atoms with E-state index in [4.69, 9.17) is 0 Å². The maximum absolute atomic E-state index is 12.2. The van der Waals surface area contributed by atoms with Gasteiger partial charge in [-0.05, 0) is 26.0 Å². The summed E-state index contributed by atoms with van der Waals surface area (Å²) in [4.78, 5) is 25.4. The predicted molar refractivity (Wildman–Crippen MR) is 76.4 cm³/mol. The van der Waals surface area contributed by atoms with Crippen LogP contribution in [0.5, 0.6) is 0 Å². The number of benzene rings is 1. The molecule has 1 amide bonds. The van der Waals surface area contributed by atoms with Crippen molar-refractivity contribution < 1.29 is 9.59 Å². The number of hydrogen-bond acceptors (Lipinski definition) is 3. The molecule has 0 unspecified atom stereocenters. The number of nitrogens with one attached hydrogen (secondary N) is 1. The average Bonchev–Trinajstić information content (AvgIpc) is 2.37. The largest absolute Gasteiger partial charge is 0.358 e. The Morgan fingerprint density at radius 3 is 2.42 bits per heavy atom. The first-order chi connectivity index (χ1) is 8.97. The van der Waals surface area contributed by atoms with Gasteiger partial charge in [0.15, 0.2) is 5.78 Å². The van der Waals surface area contributed by atoms with Gasteiger partial charge in [0.2, 0.25) is 5.91 Å². The lowest BCUT2D eigenvalue weighted by molar-refractivity contribution is -0.121. The van der Waals surface area contributed by atoms with Crippen molar-refractivity contribution in [2.75, 3.05) is 26.7 Å². The summed E-state index contributed by atoms with van der Waals surface area (Å²) >= 11 is 0. The molecule has 0 radical (unpaired) electrons. The van der Waals surface area contributed by atoms with Crippen LogP contribution in [0, 0.1) is 13.8 Å². The van der Waals surface area contributed by atoms with Crippen LogP contribution in [-0.2, 0) is 4.79 Å². The normalized spacial score (nSPS) is 10.6. The zero-order chi connectivity index (χ0) is 14.4. The van der Waals surface area contributed by atoms with E-state index in [1.807, 2.05) is 43.9 Å². The Morgan fingerprint density at radius 2 is 1.89 bits per heavy atom. The lowest BCUT2D eigenvalue weighted by atomic mass is 10.0. The molecule has 0 aromatic heterocycles. The van der Waals surface area contributed by atoms with E-state index in [0.29, 0.717) is 6.54 Å². The number of aryl methyl sites for hydroxylation is 2. The number of likely N-dealkylation sites (N-methyl/N-ethyl adjacent to an activating group) is 2. The molecule has 0 atom stereocenters. The van der Waals surface area contributed by atoms with Crippen molar-refractivity contribution in [3.8, 4) is 0 Å². The fraction of sp³-hybridized carbons (Fsp3) is 0.467. The smallest absolute Gasteiger partial charge is 0.233 e. The van der Waals surface area contributed by atoms with Crippen molar-refractivity contribution in [3.05, 3.63) is 34.9 Å². The van der Waals surface area contributed by atoms with Gasteiger partial charge in [-0.1, -0.05) is 30.7 Å². The van der Waals surface area contributed by atoms with Crippen LogP contribution in [0.4, 0.5) is 0 Å². The van der Waals surface area contributed by atoms with E-state index >= 15 is 0 Å². The SMILES string of the molecule is CCN(CC(=O)NC)CC(=O)c1ccc(C)cc1C. The van der Waals surface area contributed by atoms with Crippen molar-refractivity contribution in [3.63, 3.8) is 0 Å². The Labute approximate surface area is 114 Å². The standard InChI is InChI=1S/C15H22N2O2/c1-5-17(10-15(19)16-4)9-14(18)13-7-6-11(2)8-12(13)3/h6-8H,5,9-10H2,1-4H3,(H,16,19). The van der Waals surface area contributed by atoms with E-state index < -0.39 is 0 Å². The number of ketones is 1. The molecule has 0 spiro atoms. The highest BCUT2D eigenvalue weighted by Crippen LogP contribution is 2.11. The van der Waals surface area contributed by atoms with Gasteiger partial charge in [-0.15, -0.1) is 0 Å². The molecule has 0 saturated heterocycles. The molecule has 0 saturated carbocycles. The van der Waals surface area contributed by atoms with Gasteiger partial charge in [-0.3, -0.25) is 14.5 Å². The lowest BCUT2D eigenvalue weighted by Crippen LogP contribution is -2.38. The Morgan fingerprint density at radius 1 is 1.21 bits per heavy atom. The molecule has 0 heterocycles. The van der Waals surface area contributed by atoms with E-state index in [0.717, 1.165) is 16.7 Å². The van der Waals surface area contributed by atoms with Gasteiger partial charge in [0.1, 0.15) is 0 Å². The molecule has 104 valence electrons. The summed E-state index contributed by atoms with van der Waals surface area (Å²) in [5, 5.41) is 2.57. The molecule has 0 bridgehead atoms. The maximum atomic E-state index is 12.2. The molecule has 4 heteroatoms. The predicted octanol–water partition coefficient (Wildman–Crippen LogP) is 1.55. The molecule has 0 fully saturated rings.